The zero-order chi connectivity index (χ0) is 15.8. The van der Waals surface area contributed by atoms with E-state index in [2.05, 4.69) is 22.1 Å². The molecule has 0 fully saturated rings. The van der Waals surface area contributed by atoms with Crippen LogP contribution in [0.3, 0.4) is 0 Å². The van der Waals surface area contributed by atoms with Gasteiger partial charge in [-0.15, -0.1) is 21.5 Å². The molecule has 8 heteroatoms. The summed E-state index contributed by atoms with van der Waals surface area (Å²) in [5.41, 5.74) is -0.108. The van der Waals surface area contributed by atoms with Crippen LogP contribution in [0, 0.1) is 0 Å². The fraction of sp³-hybridized carbons (Fsp3) is 0.200. The van der Waals surface area contributed by atoms with Crippen LogP contribution in [0.15, 0.2) is 44.4 Å². The number of rotatable bonds is 4. The fourth-order valence-electron chi connectivity index (χ4n) is 2.26. The molecule has 4 aromatic heterocycles. The molecule has 0 spiro atoms. The summed E-state index contributed by atoms with van der Waals surface area (Å²) in [5, 5.41) is 8.49. The van der Waals surface area contributed by atoms with E-state index in [-0.39, 0.29) is 18.0 Å². The van der Waals surface area contributed by atoms with Crippen LogP contribution in [-0.2, 0) is 13.0 Å². The molecule has 0 aliphatic carbocycles. The molecule has 0 aromatic carbocycles. The number of thiophene rings is 1. The molecule has 23 heavy (non-hydrogen) atoms. The monoisotopic (exact) mass is 328 g/mol. The SMILES string of the molecule is CCc1cc2c(=O)n(Cc3nnc(-c4ccco4)o3)cnc2s1. The van der Waals surface area contributed by atoms with Gasteiger partial charge in [-0.25, -0.2) is 4.98 Å². The highest BCUT2D eigenvalue weighted by molar-refractivity contribution is 7.18. The Morgan fingerprint density at radius 2 is 2.26 bits per heavy atom. The Bertz CT molecular complexity index is 1010. The zero-order valence-electron chi connectivity index (χ0n) is 12.2. The van der Waals surface area contributed by atoms with Crippen LogP contribution in [0.5, 0.6) is 0 Å². The van der Waals surface area contributed by atoms with Crippen molar-refractivity contribution < 1.29 is 8.83 Å². The van der Waals surface area contributed by atoms with E-state index in [9.17, 15) is 4.79 Å². The maximum atomic E-state index is 12.5. The third-order valence-corrected chi connectivity index (χ3v) is 4.61. The van der Waals surface area contributed by atoms with E-state index in [1.54, 1.807) is 23.5 Å². The van der Waals surface area contributed by atoms with Crippen LogP contribution in [0.1, 0.15) is 17.7 Å². The third-order valence-electron chi connectivity index (χ3n) is 3.42. The summed E-state index contributed by atoms with van der Waals surface area (Å²) in [6, 6.07) is 5.37. The Balaban J connectivity index is 1.67. The van der Waals surface area contributed by atoms with E-state index >= 15 is 0 Å². The predicted molar refractivity (Wildman–Crippen MR) is 84.4 cm³/mol. The van der Waals surface area contributed by atoms with Crippen molar-refractivity contribution in [2.24, 2.45) is 0 Å². The molecule has 0 aliphatic rings. The molecule has 0 bridgehead atoms. The van der Waals surface area contributed by atoms with Gasteiger partial charge in [-0.05, 0) is 24.6 Å². The van der Waals surface area contributed by atoms with Gasteiger partial charge in [0.15, 0.2) is 5.76 Å². The Labute approximate surface area is 134 Å². The molecular weight excluding hydrogens is 316 g/mol. The van der Waals surface area contributed by atoms with Gasteiger partial charge in [0.1, 0.15) is 11.4 Å². The molecule has 0 aliphatic heterocycles. The molecular formula is C15H12N4O3S. The zero-order valence-corrected chi connectivity index (χ0v) is 13.0. The van der Waals surface area contributed by atoms with Gasteiger partial charge in [0.2, 0.25) is 5.89 Å². The summed E-state index contributed by atoms with van der Waals surface area (Å²) in [4.78, 5) is 18.7. The lowest BCUT2D eigenvalue weighted by Gasteiger charge is -2.00. The molecule has 7 nitrogen and oxygen atoms in total. The first-order chi connectivity index (χ1) is 11.2. The summed E-state index contributed by atoms with van der Waals surface area (Å²) < 4.78 is 12.2. The summed E-state index contributed by atoms with van der Waals surface area (Å²) >= 11 is 1.54. The fourth-order valence-corrected chi connectivity index (χ4v) is 3.19. The van der Waals surface area contributed by atoms with Crippen LogP contribution in [-0.4, -0.2) is 19.7 Å². The lowest BCUT2D eigenvalue weighted by Crippen LogP contribution is -2.20. The van der Waals surface area contributed by atoms with Crippen molar-refractivity contribution in [3.8, 4) is 11.7 Å². The van der Waals surface area contributed by atoms with Crippen molar-refractivity contribution in [3.05, 3.63) is 51.9 Å². The largest absolute Gasteiger partial charge is 0.459 e. The minimum Gasteiger partial charge on any atom is -0.459 e. The topological polar surface area (TPSA) is 87.0 Å². The van der Waals surface area contributed by atoms with E-state index in [0.29, 0.717) is 17.0 Å². The quantitative estimate of drug-likeness (QED) is 0.572. The third kappa shape index (κ3) is 2.46. The number of fused-ring (bicyclic) bond motifs is 1. The smallest absolute Gasteiger partial charge is 0.283 e. The molecule has 0 amide bonds. The van der Waals surface area contributed by atoms with Crippen LogP contribution in [0.2, 0.25) is 0 Å². The standard InChI is InChI=1S/C15H12N4O3S/c1-2-9-6-10-14(23-9)16-8-19(15(10)20)7-12-17-18-13(22-12)11-4-3-5-21-11/h3-6,8H,2,7H2,1H3. The van der Waals surface area contributed by atoms with E-state index in [1.807, 2.05) is 6.07 Å². The van der Waals surface area contributed by atoms with Gasteiger partial charge < -0.3 is 8.83 Å². The molecule has 0 unspecified atom stereocenters. The number of furan rings is 1. The molecule has 4 rings (SSSR count). The van der Waals surface area contributed by atoms with E-state index in [4.69, 9.17) is 8.83 Å². The second kappa shape index (κ2) is 5.47. The van der Waals surface area contributed by atoms with Crippen molar-refractivity contribution in [2.45, 2.75) is 19.9 Å². The molecule has 4 heterocycles. The number of nitrogens with zero attached hydrogens (tertiary/aromatic N) is 4. The van der Waals surface area contributed by atoms with E-state index < -0.39 is 0 Å². The van der Waals surface area contributed by atoms with Crippen molar-refractivity contribution in [3.63, 3.8) is 0 Å². The van der Waals surface area contributed by atoms with Gasteiger partial charge in [-0.3, -0.25) is 9.36 Å². The van der Waals surface area contributed by atoms with Gasteiger partial charge in [-0.1, -0.05) is 6.92 Å². The highest BCUT2D eigenvalue weighted by Gasteiger charge is 2.13. The lowest BCUT2D eigenvalue weighted by molar-refractivity contribution is 0.465. The maximum Gasteiger partial charge on any atom is 0.283 e. The maximum absolute atomic E-state index is 12.5. The molecule has 0 saturated carbocycles. The highest BCUT2D eigenvalue weighted by atomic mass is 32.1. The first-order valence-corrected chi connectivity index (χ1v) is 7.90. The van der Waals surface area contributed by atoms with Crippen molar-refractivity contribution in [2.75, 3.05) is 0 Å². The highest BCUT2D eigenvalue weighted by Crippen LogP contribution is 2.21. The van der Waals surface area contributed by atoms with Gasteiger partial charge in [0.25, 0.3) is 11.4 Å². The van der Waals surface area contributed by atoms with Gasteiger partial charge in [0.05, 0.1) is 18.0 Å². The molecule has 0 saturated heterocycles. The lowest BCUT2D eigenvalue weighted by atomic mass is 10.3. The number of aryl methyl sites for hydroxylation is 1. The Kier molecular flexibility index (Phi) is 3.30. The number of aromatic nitrogens is 4. The predicted octanol–water partition coefficient (Wildman–Crippen LogP) is 2.71. The first-order valence-electron chi connectivity index (χ1n) is 7.08. The van der Waals surface area contributed by atoms with Crippen LogP contribution < -0.4 is 5.56 Å². The Morgan fingerprint density at radius 3 is 3.04 bits per heavy atom. The molecule has 4 aromatic rings. The van der Waals surface area contributed by atoms with Crippen LogP contribution in [0.4, 0.5) is 0 Å². The summed E-state index contributed by atoms with van der Waals surface area (Å²) in [7, 11) is 0. The summed E-state index contributed by atoms with van der Waals surface area (Å²) in [6.45, 7) is 2.23. The first kappa shape index (κ1) is 13.9. The van der Waals surface area contributed by atoms with Crippen LogP contribution in [0.25, 0.3) is 21.9 Å². The van der Waals surface area contributed by atoms with Crippen molar-refractivity contribution >= 4 is 21.6 Å². The second-order valence-electron chi connectivity index (χ2n) is 4.94. The minimum atomic E-state index is -0.108. The second-order valence-corrected chi connectivity index (χ2v) is 6.06. The molecule has 0 atom stereocenters. The normalized spacial score (nSPS) is 11.3. The van der Waals surface area contributed by atoms with Gasteiger partial charge >= 0.3 is 0 Å². The Hall–Kier alpha value is -2.74. The average Bonchev–Trinajstić information content (AvgIpc) is 3.29. The van der Waals surface area contributed by atoms with Gasteiger partial charge in [0, 0.05) is 4.88 Å². The molecule has 0 radical (unpaired) electrons. The van der Waals surface area contributed by atoms with Crippen molar-refractivity contribution in [1.29, 1.82) is 0 Å². The van der Waals surface area contributed by atoms with Crippen LogP contribution >= 0.6 is 11.3 Å². The number of hydrogen-bond acceptors (Lipinski definition) is 7. The molecule has 116 valence electrons. The average molecular weight is 328 g/mol. The van der Waals surface area contributed by atoms with E-state index in [0.717, 1.165) is 16.1 Å². The van der Waals surface area contributed by atoms with E-state index in [1.165, 1.54) is 17.2 Å². The minimum absolute atomic E-state index is 0.108. The summed E-state index contributed by atoms with van der Waals surface area (Å²) in [5.74, 6) is 1.11. The molecule has 0 N–H and O–H groups in total. The summed E-state index contributed by atoms with van der Waals surface area (Å²) in [6.07, 6.45) is 3.93. The number of hydrogen-bond donors (Lipinski definition) is 0. The Morgan fingerprint density at radius 1 is 1.35 bits per heavy atom. The van der Waals surface area contributed by atoms with Gasteiger partial charge in [-0.2, -0.15) is 0 Å². The van der Waals surface area contributed by atoms with Crippen molar-refractivity contribution in [1.82, 2.24) is 19.7 Å².